The van der Waals surface area contributed by atoms with Gasteiger partial charge in [0.2, 0.25) is 0 Å². The van der Waals surface area contributed by atoms with E-state index in [2.05, 4.69) is 131 Å². The van der Waals surface area contributed by atoms with E-state index in [1.165, 1.54) is 33.2 Å². The molecule has 0 spiro atoms. The van der Waals surface area contributed by atoms with Gasteiger partial charge in [-0.25, -0.2) is 9.67 Å². The fraction of sp³-hybridized carbons (Fsp3) is 0.300. The Labute approximate surface area is 266 Å². The topological polar surface area (TPSA) is 44.9 Å². The molecule has 5 heteroatoms. The molecule has 0 amide bonds. The van der Waals surface area contributed by atoms with Gasteiger partial charge in [-0.3, -0.25) is 4.57 Å². The minimum absolute atomic E-state index is 0.399. The van der Waals surface area contributed by atoms with Gasteiger partial charge in [0, 0.05) is 46.3 Å². The maximum atomic E-state index is 6.55. The van der Waals surface area contributed by atoms with E-state index < -0.39 is 0 Å². The monoisotopic (exact) mass is 594 g/mol. The van der Waals surface area contributed by atoms with Crippen LogP contribution in [0.5, 0.6) is 11.5 Å². The smallest absolute Gasteiger partial charge is 0.137 e. The van der Waals surface area contributed by atoms with E-state index >= 15 is 0 Å². The van der Waals surface area contributed by atoms with E-state index in [1.54, 1.807) is 0 Å². The molecule has 3 aromatic carbocycles. The predicted molar refractivity (Wildman–Crippen MR) is 185 cm³/mol. The van der Waals surface area contributed by atoms with Gasteiger partial charge >= 0.3 is 0 Å². The zero-order valence-corrected chi connectivity index (χ0v) is 27.4. The van der Waals surface area contributed by atoms with E-state index in [1.807, 2.05) is 18.3 Å². The van der Waals surface area contributed by atoms with Gasteiger partial charge in [0.05, 0.1) is 22.4 Å². The van der Waals surface area contributed by atoms with Crippen molar-refractivity contribution in [2.45, 2.75) is 66.7 Å². The molecule has 1 aliphatic rings. The van der Waals surface area contributed by atoms with Crippen molar-refractivity contribution >= 4 is 21.8 Å². The number of ether oxygens (including phenoxy) is 1. The van der Waals surface area contributed by atoms with Gasteiger partial charge in [-0.15, -0.1) is 0 Å². The summed E-state index contributed by atoms with van der Waals surface area (Å²) in [6, 6.07) is 27.4. The number of nitrogens with zero attached hydrogens (tertiary/aromatic N) is 4. The quantitative estimate of drug-likeness (QED) is 0.180. The summed E-state index contributed by atoms with van der Waals surface area (Å²) >= 11 is 0. The second kappa shape index (κ2) is 11.4. The van der Waals surface area contributed by atoms with Crippen molar-refractivity contribution in [1.82, 2.24) is 19.3 Å². The summed E-state index contributed by atoms with van der Waals surface area (Å²) in [6.45, 7) is 15.8. The fourth-order valence-corrected chi connectivity index (χ4v) is 7.29. The maximum absolute atomic E-state index is 6.55. The highest BCUT2D eigenvalue weighted by atomic mass is 16.5. The lowest BCUT2D eigenvalue weighted by Gasteiger charge is -2.34. The first-order chi connectivity index (χ1) is 21.7. The number of allylic oxidation sites excluding steroid dienone is 2. The standard InChI is InChI=1S/C40H42N4O/c1-24(2)30-19-20-41-38(21-30)43-36-14-9-8-13-34(36)35-18-17-33(23-37(35)43)45-32-12-10-11-31(22-32)44-29(7)40(28(6)42-44)39-26(4)16-15-25(3)27(39)5/h8-14,16-25,27,39H,15H2,1-7H3/t25-,27-,39+/m0/s1. The molecule has 3 heterocycles. The normalized spacial score (nSPS) is 18.6. The van der Waals surface area contributed by atoms with Gasteiger partial charge in [-0.2, -0.15) is 5.10 Å². The van der Waals surface area contributed by atoms with Crippen LogP contribution in [0.3, 0.4) is 0 Å². The number of benzene rings is 3. The van der Waals surface area contributed by atoms with Crippen molar-refractivity contribution in [2.24, 2.45) is 11.8 Å². The Morgan fingerprint density at radius 3 is 2.42 bits per heavy atom. The Kier molecular flexibility index (Phi) is 7.35. The van der Waals surface area contributed by atoms with Crippen LogP contribution in [0.2, 0.25) is 0 Å². The van der Waals surface area contributed by atoms with E-state index in [-0.39, 0.29) is 0 Å². The summed E-state index contributed by atoms with van der Waals surface area (Å²) in [5.74, 6) is 4.52. The first-order valence-electron chi connectivity index (χ1n) is 16.2. The number of fused-ring (bicyclic) bond motifs is 3. The van der Waals surface area contributed by atoms with Crippen LogP contribution in [0.15, 0.2) is 96.7 Å². The second-order valence-corrected chi connectivity index (χ2v) is 13.2. The van der Waals surface area contributed by atoms with Crippen LogP contribution < -0.4 is 4.74 Å². The Morgan fingerprint density at radius 2 is 1.60 bits per heavy atom. The Bertz CT molecular complexity index is 2080. The van der Waals surface area contributed by atoms with Gasteiger partial charge < -0.3 is 4.74 Å². The summed E-state index contributed by atoms with van der Waals surface area (Å²) < 4.78 is 10.9. The molecule has 0 saturated carbocycles. The van der Waals surface area contributed by atoms with Crippen molar-refractivity contribution in [3.63, 3.8) is 0 Å². The molecule has 3 atom stereocenters. The Morgan fingerprint density at radius 1 is 0.822 bits per heavy atom. The average Bonchev–Trinajstić information content (AvgIpc) is 3.52. The molecule has 228 valence electrons. The second-order valence-electron chi connectivity index (χ2n) is 13.2. The maximum Gasteiger partial charge on any atom is 0.137 e. The van der Waals surface area contributed by atoms with Crippen molar-refractivity contribution in [3.8, 4) is 23.0 Å². The van der Waals surface area contributed by atoms with Gasteiger partial charge in [0.1, 0.15) is 17.3 Å². The van der Waals surface area contributed by atoms with Crippen LogP contribution >= 0.6 is 0 Å². The Balaban J connectivity index is 1.26. The third kappa shape index (κ3) is 5.04. The zero-order valence-electron chi connectivity index (χ0n) is 27.4. The molecule has 5 nitrogen and oxygen atoms in total. The highest BCUT2D eigenvalue weighted by molar-refractivity contribution is 6.09. The molecule has 45 heavy (non-hydrogen) atoms. The van der Waals surface area contributed by atoms with Crippen LogP contribution in [-0.4, -0.2) is 19.3 Å². The SMILES string of the molecule is CC1=CC[C@H](C)[C@H](C)[C@@H]1c1c(C)nn(-c2cccc(Oc3ccc4c5ccccc5n(-c5cc(C(C)C)ccn5)c4c3)c2)c1C. The predicted octanol–water partition coefficient (Wildman–Crippen LogP) is 10.6. The zero-order chi connectivity index (χ0) is 31.4. The van der Waals surface area contributed by atoms with E-state index in [4.69, 9.17) is 14.8 Å². The van der Waals surface area contributed by atoms with E-state index in [0.717, 1.165) is 46.2 Å². The van der Waals surface area contributed by atoms with Crippen LogP contribution in [-0.2, 0) is 0 Å². The third-order valence-corrected chi connectivity index (χ3v) is 9.99. The lowest BCUT2D eigenvalue weighted by molar-refractivity contribution is 0.330. The lowest BCUT2D eigenvalue weighted by atomic mass is 9.70. The van der Waals surface area contributed by atoms with E-state index in [0.29, 0.717) is 23.7 Å². The number of aromatic nitrogens is 4. The Hall–Kier alpha value is -4.64. The highest BCUT2D eigenvalue weighted by Crippen LogP contribution is 2.44. The van der Waals surface area contributed by atoms with Gasteiger partial charge in [-0.05, 0) is 93.0 Å². The molecule has 7 rings (SSSR count). The van der Waals surface area contributed by atoms with Crippen molar-refractivity contribution in [1.29, 1.82) is 0 Å². The fourth-order valence-electron chi connectivity index (χ4n) is 7.29. The minimum Gasteiger partial charge on any atom is -0.457 e. The molecule has 0 bridgehead atoms. The summed E-state index contributed by atoms with van der Waals surface area (Å²) in [5, 5.41) is 7.43. The molecule has 0 fully saturated rings. The molecular weight excluding hydrogens is 552 g/mol. The largest absolute Gasteiger partial charge is 0.457 e. The van der Waals surface area contributed by atoms with Crippen molar-refractivity contribution < 1.29 is 4.74 Å². The number of hydrogen-bond acceptors (Lipinski definition) is 3. The minimum atomic E-state index is 0.399. The third-order valence-electron chi connectivity index (χ3n) is 9.99. The first-order valence-corrected chi connectivity index (χ1v) is 16.2. The number of pyridine rings is 1. The number of para-hydroxylation sites is 1. The van der Waals surface area contributed by atoms with Gasteiger partial charge in [0.25, 0.3) is 0 Å². The number of rotatable bonds is 6. The number of aryl methyl sites for hydroxylation is 1. The molecular formula is C40H42N4O. The molecule has 1 aliphatic carbocycles. The molecule has 6 aromatic rings. The molecule has 3 aromatic heterocycles. The van der Waals surface area contributed by atoms with E-state index in [9.17, 15) is 0 Å². The van der Waals surface area contributed by atoms with Crippen LogP contribution in [0.4, 0.5) is 0 Å². The summed E-state index contributed by atoms with van der Waals surface area (Å²) in [5.41, 5.74) is 9.60. The molecule has 0 aliphatic heterocycles. The number of hydrogen-bond donors (Lipinski definition) is 0. The van der Waals surface area contributed by atoms with Gasteiger partial charge in [0.15, 0.2) is 0 Å². The lowest BCUT2D eigenvalue weighted by Crippen LogP contribution is -2.23. The van der Waals surface area contributed by atoms with Crippen LogP contribution in [0.25, 0.3) is 33.3 Å². The van der Waals surface area contributed by atoms with Crippen molar-refractivity contribution in [3.05, 3.63) is 119 Å². The highest BCUT2D eigenvalue weighted by Gasteiger charge is 2.32. The summed E-state index contributed by atoms with van der Waals surface area (Å²) in [4.78, 5) is 4.80. The van der Waals surface area contributed by atoms with Crippen LogP contribution in [0, 0.1) is 25.7 Å². The van der Waals surface area contributed by atoms with Gasteiger partial charge in [-0.1, -0.05) is 63.6 Å². The summed E-state index contributed by atoms with van der Waals surface area (Å²) in [7, 11) is 0. The molecule has 0 N–H and O–H groups in total. The first kappa shape index (κ1) is 29.1. The van der Waals surface area contributed by atoms with Crippen LogP contribution in [0.1, 0.15) is 75.4 Å². The molecule has 0 saturated heterocycles. The molecule has 0 radical (unpaired) electrons. The average molecular weight is 595 g/mol. The molecule has 0 unspecified atom stereocenters. The summed E-state index contributed by atoms with van der Waals surface area (Å²) in [6.07, 6.45) is 5.49. The van der Waals surface area contributed by atoms with Crippen molar-refractivity contribution in [2.75, 3.05) is 0 Å².